The number of hydrogen-bond acceptors (Lipinski definition) is 6. The van der Waals surface area contributed by atoms with Gasteiger partial charge in [0.05, 0.1) is 13.2 Å². The first-order chi connectivity index (χ1) is 12.3. The highest BCUT2D eigenvalue weighted by molar-refractivity contribution is 5.95. The fourth-order valence-corrected chi connectivity index (χ4v) is 2.86. The third kappa shape index (κ3) is 4.61. The van der Waals surface area contributed by atoms with Crippen LogP contribution in [0.1, 0.15) is 23.7 Å². The van der Waals surface area contributed by atoms with Crippen molar-refractivity contribution in [3.05, 3.63) is 29.8 Å². The number of nitrogens with one attached hydrogen (secondary N) is 1. The van der Waals surface area contributed by atoms with E-state index in [0.717, 1.165) is 44.8 Å². The van der Waals surface area contributed by atoms with Gasteiger partial charge < -0.3 is 10.1 Å². The number of amides is 1. The number of hydrogen-bond donors (Lipinski definition) is 1. The SMILES string of the molecule is CCn1nnnc1-c1cccc(C(=O)NCCCN2CCOCC2)c1. The largest absolute Gasteiger partial charge is 0.379 e. The van der Waals surface area contributed by atoms with Crippen LogP contribution in [-0.2, 0) is 11.3 Å². The minimum Gasteiger partial charge on any atom is -0.379 e. The summed E-state index contributed by atoms with van der Waals surface area (Å²) in [6, 6.07) is 7.40. The maximum Gasteiger partial charge on any atom is 0.251 e. The molecule has 8 heteroatoms. The van der Waals surface area contributed by atoms with Crippen molar-refractivity contribution in [3.8, 4) is 11.4 Å². The molecule has 2 aromatic rings. The van der Waals surface area contributed by atoms with Crippen molar-refractivity contribution in [2.24, 2.45) is 0 Å². The van der Waals surface area contributed by atoms with E-state index in [1.807, 2.05) is 25.1 Å². The lowest BCUT2D eigenvalue weighted by atomic mass is 10.1. The second-order valence-electron chi connectivity index (χ2n) is 5.96. The molecule has 3 rings (SSSR count). The van der Waals surface area contributed by atoms with E-state index >= 15 is 0 Å². The van der Waals surface area contributed by atoms with Crippen LogP contribution in [0.15, 0.2) is 24.3 Å². The number of carbonyl (C=O) groups is 1. The van der Waals surface area contributed by atoms with Crippen LogP contribution in [0.4, 0.5) is 0 Å². The zero-order valence-corrected chi connectivity index (χ0v) is 14.5. The Morgan fingerprint density at radius 3 is 2.96 bits per heavy atom. The number of benzene rings is 1. The molecule has 1 aliphatic heterocycles. The predicted molar refractivity (Wildman–Crippen MR) is 93.1 cm³/mol. The van der Waals surface area contributed by atoms with Gasteiger partial charge in [-0.15, -0.1) is 5.10 Å². The minimum atomic E-state index is -0.0700. The molecule has 0 saturated carbocycles. The number of aromatic nitrogens is 4. The van der Waals surface area contributed by atoms with Crippen LogP contribution in [0.5, 0.6) is 0 Å². The first-order valence-electron chi connectivity index (χ1n) is 8.73. The zero-order chi connectivity index (χ0) is 17.5. The normalized spacial score (nSPS) is 15.2. The van der Waals surface area contributed by atoms with Gasteiger partial charge in [0, 0.05) is 37.3 Å². The molecule has 134 valence electrons. The quantitative estimate of drug-likeness (QED) is 0.748. The molecule has 1 aromatic heterocycles. The molecule has 1 fully saturated rings. The van der Waals surface area contributed by atoms with E-state index in [2.05, 4.69) is 25.7 Å². The first-order valence-corrected chi connectivity index (χ1v) is 8.73. The number of ether oxygens (including phenoxy) is 1. The number of aryl methyl sites for hydroxylation is 1. The highest BCUT2D eigenvalue weighted by Crippen LogP contribution is 2.17. The average Bonchev–Trinajstić information content (AvgIpc) is 3.15. The maximum atomic E-state index is 12.4. The van der Waals surface area contributed by atoms with Crippen molar-refractivity contribution in [2.75, 3.05) is 39.4 Å². The summed E-state index contributed by atoms with van der Waals surface area (Å²) in [4.78, 5) is 14.7. The van der Waals surface area contributed by atoms with Crippen LogP contribution >= 0.6 is 0 Å². The van der Waals surface area contributed by atoms with Gasteiger partial charge in [-0.1, -0.05) is 12.1 Å². The third-order valence-corrected chi connectivity index (χ3v) is 4.25. The Labute approximate surface area is 147 Å². The lowest BCUT2D eigenvalue weighted by Crippen LogP contribution is -2.38. The maximum absolute atomic E-state index is 12.4. The Balaban J connectivity index is 1.53. The minimum absolute atomic E-state index is 0.0700. The lowest BCUT2D eigenvalue weighted by molar-refractivity contribution is 0.0374. The highest BCUT2D eigenvalue weighted by Gasteiger charge is 2.12. The zero-order valence-electron chi connectivity index (χ0n) is 14.5. The molecule has 1 aliphatic rings. The van der Waals surface area contributed by atoms with Crippen molar-refractivity contribution < 1.29 is 9.53 Å². The van der Waals surface area contributed by atoms with Gasteiger partial charge in [0.15, 0.2) is 5.82 Å². The number of tetrazole rings is 1. The third-order valence-electron chi connectivity index (χ3n) is 4.25. The molecule has 1 N–H and O–H groups in total. The summed E-state index contributed by atoms with van der Waals surface area (Å²) < 4.78 is 7.04. The Hall–Kier alpha value is -2.32. The van der Waals surface area contributed by atoms with Gasteiger partial charge in [0.2, 0.25) is 0 Å². The average molecular weight is 344 g/mol. The van der Waals surface area contributed by atoms with Gasteiger partial charge in [-0.3, -0.25) is 9.69 Å². The van der Waals surface area contributed by atoms with Gasteiger partial charge in [0.25, 0.3) is 5.91 Å². The number of rotatable bonds is 7. The van der Waals surface area contributed by atoms with E-state index in [-0.39, 0.29) is 5.91 Å². The second kappa shape index (κ2) is 8.68. The van der Waals surface area contributed by atoms with Gasteiger partial charge >= 0.3 is 0 Å². The molecule has 1 amide bonds. The number of nitrogens with zero attached hydrogens (tertiary/aromatic N) is 5. The molecule has 0 aliphatic carbocycles. The van der Waals surface area contributed by atoms with E-state index in [1.54, 1.807) is 10.7 Å². The standard InChI is InChI=1S/C17H24N6O2/c1-2-23-16(19-20-21-23)14-5-3-6-15(13-14)17(24)18-7-4-8-22-9-11-25-12-10-22/h3,5-6,13H,2,4,7-12H2,1H3,(H,18,24). The summed E-state index contributed by atoms with van der Waals surface area (Å²) in [5.41, 5.74) is 1.46. The Kier molecular flexibility index (Phi) is 6.08. The summed E-state index contributed by atoms with van der Waals surface area (Å²) in [5, 5.41) is 14.7. The Morgan fingerprint density at radius 2 is 2.16 bits per heavy atom. The molecule has 2 heterocycles. The Bertz CT molecular complexity index is 696. The van der Waals surface area contributed by atoms with E-state index < -0.39 is 0 Å². The molecule has 1 saturated heterocycles. The van der Waals surface area contributed by atoms with Gasteiger partial charge in [-0.05, 0) is 42.4 Å². The molecule has 1 aromatic carbocycles. The predicted octanol–water partition coefficient (Wildman–Crippen LogP) is 0.812. The molecule has 0 unspecified atom stereocenters. The molecule has 0 spiro atoms. The first kappa shape index (κ1) is 17.5. The summed E-state index contributed by atoms with van der Waals surface area (Å²) in [6.45, 7) is 7.85. The second-order valence-corrected chi connectivity index (χ2v) is 5.96. The van der Waals surface area contributed by atoms with E-state index in [0.29, 0.717) is 24.5 Å². The topological polar surface area (TPSA) is 85.2 Å². The van der Waals surface area contributed by atoms with Crippen molar-refractivity contribution in [1.82, 2.24) is 30.4 Å². The molecule has 0 atom stereocenters. The van der Waals surface area contributed by atoms with Crippen LogP contribution in [0, 0.1) is 0 Å². The molecule has 25 heavy (non-hydrogen) atoms. The van der Waals surface area contributed by atoms with Gasteiger partial charge in [-0.25, -0.2) is 4.68 Å². The van der Waals surface area contributed by atoms with Crippen molar-refractivity contribution in [2.45, 2.75) is 19.9 Å². The summed E-state index contributed by atoms with van der Waals surface area (Å²) in [6.07, 6.45) is 0.930. The summed E-state index contributed by atoms with van der Waals surface area (Å²) in [5.74, 6) is 0.601. The van der Waals surface area contributed by atoms with Crippen molar-refractivity contribution in [1.29, 1.82) is 0 Å². The van der Waals surface area contributed by atoms with E-state index in [4.69, 9.17) is 4.74 Å². The van der Waals surface area contributed by atoms with Crippen molar-refractivity contribution >= 4 is 5.91 Å². The Morgan fingerprint density at radius 1 is 1.32 bits per heavy atom. The highest BCUT2D eigenvalue weighted by atomic mass is 16.5. The summed E-state index contributed by atoms with van der Waals surface area (Å²) in [7, 11) is 0. The van der Waals surface area contributed by atoms with Crippen molar-refractivity contribution in [3.63, 3.8) is 0 Å². The monoisotopic (exact) mass is 344 g/mol. The van der Waals surface area contributed by atoms with Crippen LogP contribution < -0.4 is 5.32 Å². The van der Waals surface area contributed by atoms with Crippen LogP contribution in [0.25, 0.3) is 11.4 Å². The van der Waals surface area contributed by atoms with Gasteiger partial charge in [0.1, 0.15) is 0 Å². The molecular weight excluding hydrogens is 320 g/mol. The van der Waals surface area contributed by atoms with E-state index in [1.165, 1.54) is 0 Å². The van der Waals surface area contributed by atoms with Gasteiger partial charge in [-0.2, -0.15) is 0 Å². The van der Waals surface area contributed by atoms with Crippen LogP contribution in [0.2, 0.25) is 0 Å². The molecule has 0 radical (unpaired) electrons. The fraction of sp³-hybridized carbons (Fsp3) is 0.529. The smallest absolute Gasteiger partial charge is 0.251 e. The molecule has 0 bridgehead atoms. The van der Waals surface area contributed by atoms with Crippen LogP contribution in [-0.4, -0.2) is 70.4 Å². The summed E-state index contributed by atoms with van der Waals surface area (Å²) >= 11 is 0. The number of carbonyl (C=O) groups excluding carboxylic acids is 1. The molecular formula is C17H24N6O2. The fourth-order valence-electron chi connectivity index (χ4n) is 2.86. The van der Waals surface area contributed by atoms with E-state index in [9.17, 15) is 4.79 Å². The molecule has 8 nitrogen and oxygen atoms in total. The number of morpholine rings is 1. The lowest BCUT2D eigenvalue weighted by Gasteiger charge is -2.26. The van der Waals surface area contributed by atoms with Crippen LogP contribution in [0.3, 0.4) is 0 Å².